The minimum Gasteiger partial charge on any atom is -0.310 e. The van der Waals surface area contributed by atoms with E-state index in [0.29, 0.717) is 0 Å². The first-order valence-corrected chi connectivity index (χ1v) is 19.6. The lowest BCUT2D eigenvalue weighted by Gasteiger charge is -2.29. The molecule has 0 aliphatic heterocycles. The fourth-order valence-electron chi connectivity index (χ4n) is 8.46. The quantitative estimate of drug-likeness (QED) is 0.166. The summed E-state index contributed by atoms with van der Waals surface area (Å²) in [6, 6.07) is 75.3. The molecule has 2 aromatic heterocycles. The number of benzene rings is 9. The second-order valence-electron chi connectivity index (χ2n) is 14.1. The summed E-state index contributed by atoms with van der Waals surface area (Å²) in [5, 5.41) is 7.52. The van der Waals surface area contributed by atoms with Crippen molar-refractivity contribution >= 4 is 81.1 Å². The molecule has 3 heteroatoms. The third-order valence-electron chi connectivity index (χ3n) is 10.9. The highest BCUT2D eigenvalue weighted by Gasteiger charge is 2.24. The highest BCUT2D eigenvalue weighted by Crippen LogP contribution is 2.50. The van der Waals surface area contributed by atoms with Gasteiger partial charge >= 0.3 is 0 Å². The molecule has 11 aromatic rings. The van der Waals surface area contributed by atoms with E-state index in [9.17, 15) is 0 Å². The number of fused-ring (bicyclic) bond motifs is 7. The monoisotopic (exact) mass is 718 g/mol. The third-order valence-corrected chi connectivity index (χ3v) is 12.1. The van der Waals surface area contributed by atoms with Crippen LogP contribution < -0.4 is 4.90 Å². The van der Waals surface area contributed by atoms with Crippen LogP contribution in [0.4, 0.5) is 17.1 Å². The maximum atomic E-state index is 2.48. The van der Waals surface area contributed by atoms with Gasteiger partial charge in [-0.05, 0) is 94.2 Å². The molecule has 0 radical (unpaired) electrons. The Morgan fingerprint density at radius 2 is 1.07 bits per heavy atom. The Morgan fingerprint density at radius 3 is 1.95 bits per heavy atom. The van der Waals surface area contributed by atoms with E-state index in [4.69, 9.17) is 0 Å². The van der Waals surface area contributed by atoms with Gasteiger partial charge in [-0.3, -0.25) is 0 Å². The molecule has 258 valence electrons. The van der Waals surface area contributed by atoms with Gasteiger partial charge in [-0.1, -0.05) is 140 Å². The van der Waals surface area contributed by atoms with Crippen molar-refractivity contribution in [1.82, 2.24) is 4.57 Å². The zero-order valence-corrected chi connectivity index (χ0v) is 30.7. The van der Waals surface area contributed by atoms with Gasteiger partial charge in [0.1, 0.15) is 0 Å². The molecule has 0 spiro atoms. The van der Waals surface area contributed by atoms with Crippen molar-refractivity contribution in [3.05, 3.63) is 206 Å². The summed E-state index contributed by atoms with van der Waals surface area (Å²) in [7, 11) is 0. The van der Waals surface area contributed by atoms with Gasteiger partial charge in [-0.25, -0.2) is 0 Å². The summed E-state index contributed by atoms with van der Waals surface area (Å²) < 4.78 is 4.99. The third kappa shape index (κ3) is 5.24. The van der Waals surface area contributed by atoms with Gasteiger partial charge in [0.15, 0.2) is 0 Å². The van der Waals surface area contributed by atoms with Crippen LogP contribution in [-0.4, -0.2) is 4.57 Å². The number of anilines is 3. The Kier molecular flexibility index (Phi) is 7.39. The van der Waals surface area contributed by atoms with E-state index in [1.54, 1.807) is 0 Å². The molecule has 0 fully saturated rings. The molecule has 11 rings (SSSR count). The average Bonchev–Trinajstić information content (AvgIpc) is 3.80. The van der Waals surface area contributed by atoms with Crippen molar-refractivity contribution < 1.29 is 0 Å². The van der Waals surface area contributed by atoms with Crippen LogP contribution in [0.25, 0.3) is 80.7 Å². The highest BCUT2D eigenvalue weighted by atomic mass is 32.1. The van der Waals surface area contributed by atoms with E-state index in [1.807, 2.05) is 11.3 Å². The molecule has 0 aliphatic rings. The first-order chi connectivity index (χ1) is 27.3. The lowest BCUT2D eigenvalue weighted by Crippen LogP contribution is -2.12. The molecule has 0 amide bonds. The maximum Gasteiger partial charge on any atom is 0.0561 e. The Bertz CT molecular complexity index is 3210. The van der Waals surface area contributed by atoms with Crippen molar-refractivity contribution in [2.24, 2.45) is 0 Å². The number of hydrogen-bond donors (Lipinski definition) is 0. The van der Waals surface area contributed by atoms with Crippen LogP contribution in [0.2, 0.25) is 0 Å². The van der Waals surface area contributed by atoms with Crippen molar-refractivity contribution in [3.63, 3.8) is 0 Å². The standard InChI is InChI=1S/C52H34N2S/c1-3-14-35(15-4-1)38-18-13-21-41(33-38)53(42-28-29-44-43-22-9-11-24-46(43)54(48(44)34-42)40-19-5-2-6-20-40)47-30-31-50-52(45-23-10-12-25-49(45)55-50)51(47)39-27-26-36-16-7-8-17-37(36)32-39/h1-34H. The Balaban J connectivity index is 1.25. The first kappa shape index (κ1) is 31.6. The van der Waals surface area contributed by atoms with Gasteiger partial charge < -0.3 is 9.47 Å². The van der Waals surface area contributed by atoms with Crippen LogP contribution in [0.1, 0.15) is 0 Å². The topological polar surface area (TPSA) is 8.17 Å². The maximum absolute atomic E-state index is 2.48. The number of aromatic nitrogens is 1. The summed E-state index contributed by atoms with van der Waals surface area (Å²) in [6.45, 7) is 0. The molecule has 2 nitrogen and oxygen atoms in total. The lowest BCUT2D eigenvalue weighted by atomic mass is 9.94. The number of hydrogen-bond acceptors (Lipinski definition) is 2. The molecule has 0 aliphatic carbocycles. The molecule has 0 saturated heterocycles. The zero-order valence-electron chi connectivity index (χ0n) is 29.9. The minimum atomic E-state index is 1.10. The predicted octanol–water partition coefficient (Wildman–Crippen LogP) is 15.1. The largest absolute Gasteiger partial charge is 0.310 e. The van der Waals surface area contributed by atoms with E-state index < -0.39 is 0 Å². The second-order valence-corrected chi connectivity index (χ2v) is 15.2. The Hall–Kier alpha value is -6.94. The van der Waals surface area contributed by atoms with Crippen molar-refractivity contribution in [2.75, 3.05) is 4.90 Å². The molecule has 9 aromatic carbocycles. The molecule has 0 N–H and O–H groups in total. The van der Waals surface area contributed by atoms with E-state index in [-0.39, 0.29) is 0 Å². The first-order valence-electron chi connectivity index (χ1n) is 18.8. The van der Waals surface area contributed by atoms with E-state index >= 15 is 0 Å². The number of para-hydroxylation sites is 2. The minimum absolute atomic E-state index is 1.10. The van der Waals surface area contributed by atoms with Crippen LogP contribution in [0, 0.1) is 0 Å². The van der Waals surface area contributed by atoms with Crippen molar-refractivity contribution in [2.45, 2.75) is 0 Å². The molecule has 0 bridgehead atoms. The van der Waals surface area contributed by atoms with Crippen LogP contribution in [0.3, 0.4) is 0 Å². The number of nitrogens with zero attached hydrogens (tertiary/aromatic N) is 2. The molecule has 0 atom stereocenters. The molecule has 2 heterocycles. The summed E-state index contributed by atoms with van der Waals surface area (Å²) in [5.41, 5.74) is 11.6. The highest BCUT2D eigenvalue weighted by molar-refractivity contribution is 7.26. The predicted molar refractivity (Wildman–Crippen MR) is 237 cm³/mol. The van der Waals surface area contributed by atoms with Gasteiger partial charge in [0.2, 0.25) is 0 Å². The number of thiophene rings is 1. The van der Waals surface area contributed by atoms with Gasteiger partial charge in [-0.15, -0.1) is 11.3 Å². The van der Waals surface area contributed by atoms with Crippen molar-refractivity contribution in [1.29, 1.82) is 0 Å². The van der Waals surface area contributed by atoms with Crippen LogP contribution >= 0.6 is 11.3 Å². The van der Waals surface area contributed by atoms with Gasteiger partial charge in [0, 0.05) is 53.6 Å². The lowest BCUT2D eigenvalue weighted by molar-refractivity contribution is 1.18. The summed E-state index contributed by atoms with van der Waals surface area (Å²) in [6.07, 6.45) is 0. The average molecular weight is 719 g/mol. The fraction of sp³-hybridized carbons (Fsp3) is 0. The fourth-order valence-corrected chi connectivity index (χ4v) is 9.58. The zero-order chi connectivity index (χ0) is 36.3. The van der Waals surface area contributed by atoms with Gasteiger partial charge in [0.25, 0.3) is 0 Å². The Morgan fingerprint density at radius 1 is 0.382 bits per heavy atom. The molecular formula is C52H34N2S. The summed E-state index contributed by atoms with van der Waals surface area (Å²) in [4.78, 5) is 2.48. The SMILES string of the molecule is c1ccc(-c2cccc(N(c3ccc4c5ccccc5n(-c5ccccc5)c4c3)c3ccc4sc5ccccc5c4c3-c3ccc4ccccc4c3)c2)cc1. The van der Waals surface area contributed by atoms with Gasteiger partial charge in [-0.2, -0.15) is 0 Å². The van der Waals surface area contributed by atoms with E-state index in [1.165, 1.54) is 75.0 Å². The smallest absolute Gasteiger partial charge is 0.0561 e. The summed E-state index contributed by atoms with van der Waals surface area (Å²) in [5.74, 6) is 0. The van der Waals surface area contributed by atoms with Crippen molar-refractivity contribution in [3.8, 4) is 27.9 Å². The van der Waals surface area contributed by atoms with Crippen LogP contribution in [-0.2, 0) is 0 Å². The molecule has 0 unspecified atom stereocenters. The molecular weight excluding hydrogens is 685 g/mol. The normalized spacial score (nSPS) is 11.6. The molecule has 0 saturated carbocycles. The Labute approximate surface area is 323 Å². The second kappa shape index (κ2) is 12.9. The van der Waals surface area contributed by atoms with E-state index in [0.717, 1.165) is 22.7 Å². The van der Waals surface area contributed by atoms with Gasteiger partial charge in [0.05, 0.1) is 16.7 Å². The number of rotatable bonds is 6. The van der Waals surface area contributed by atoms with Crippen LogP contribution in [0.15, 0.2) is 206 Å². The van der Waals surface area contributed by atoms with E-state index in [2.05, 4.69) is 216 Å². The summed E-state index contributed by atoms with van der Waals surface area (Å²) >= 11 is 1.87. The molecule has 55 heavy (non-hydrogen) atoms. The van der Waals surface area contributed by atoms with Crippen LogP contribution in [0.5, 0.6) is 0 Å².